The van der Waals surface area contributed by atoms with Crippen molar-refractivity contribution in [3.8, 4) is 0 Å². The lowest BCUT2D eigenvalue weighted by atomic mass is 10.1. The molecular formula is C23H20ClF2N3O4. The van der Waals surface area contributed by atoms with Gasteiger partial charge < -0.3 is 10.2 Å². The maximum atomic E-state index is 14.4. The van der Waals surface area contributed by atoms with E-state index < -0.39 is 29.3 Å². The molecule has 2 heterocycles. The van der Waals surface area contributed by atoms with E-state index >= 15 is 0 Å². The van der Waals surface area contributed by atoms with Crippen molar-refractivity contribution in [1.29, 1.82) is 0 Å². The Kier molecular flexibility index (Phi) is 6.16. The fourth-order valence-corrected chi connectivity index (χ4v) is 4.14. The Hall–Kier alpha value is -3.33. The smallest absolute Gasteiger partial charge is 0.346 e. The van der Waals surface area contributed by atoms with Gasteiger partial charge in [0.25, 0.3) is 11.8 Å². The lowest BCUT2D eigenvalue weighted by Gasteiger charge is -2.24. The van der Waals surface area contributed by atoms with E-state index in [-0.39, 0.29) is 36.3 Å². The maximum Gasteiger partial charge on any atom is 0.349 e. The molecule has 0 spiro atoms. The molecule has 0 saturated carbocycles. The number of benzene rings is 2. The molecule has 0 aromatic heterocycles. The number of nitrogens with one attached hydrogen (secondary N) is 2. The number of amides is 4. The molecule has 172 valence electrons. The van der Waals surface area contributed by atoms with Gasteiger partial charge in [-0.1, -0.05) is 35.9 Å². The van der Waals surface area contributed by atoms with Crippen LogP contribution in [0.1, 0.15) is 46.3 Å². The highest BCUT2D eigenvalue weighted by molar-refractivity contribution is 6.30. The third-order valence-electron chi connectivity index (χ3n) is 5.77. The minimum atomic E-state index is -3.74. The van der Waals surface area contributed by atoms with Crippen LogP contribution in [0.25, 0.3) is 0 Å². The van der Waals surface area contributed by atoms with Crippen LogP contribution in [0.4, 0.5) is 8.78 Å². The lowest BCUT2D eigenvalue weighted by molar-refractivity contribution is -0.147. The zero-order valence-corrected chi connectivity index (χ0v) is 18.1. The fraction of sp³-hybridized carbons (Fsp3) is 0.304. The Balaban J connectivity index is 1.44. The van der Waals surface area contributed by atoms with Crippen LogP contribution in [0.2, 0.25) is 5.02 Å². The topological polar surface area (TPSA) is 95.6 Å². The van der Waals surface area contributed by atoms with E-state index in [0.29, 0.717) is 29.5 Å². The minimum Gasteiger partial charge on any atom is -0.346 e. The quantitative estimate of drug-likeness (QED) is 0.650. The number of imide groups is 1. The van der Waals surface area contributed by atoms with E-state index in [0.717, 1.165) is 12.1 Å². The molecule has 2 aromatic rings. The number of hydrogen-bond acceptors (Lipinski definition) is 4. The fourth-order valence-electron chi connectivity index (χ4n) is 4.01. The molecule has 2 aliphatic heterocycles. The molecule has 33 heavy (non-hydrogen) atoms. The first-order valence-electron chi connectivity index (χ1n) is 10.4. The van der Waals surface area contributed by atoms with Crippen molar-refractivity contribution >= 4 is 35.2 Å². The second-order valence-corrected chi connectivity index (χ2v) is 8.45. The summed E-state index contributed by atoms with van der Waals surface area (Å²) in [7, 11) is 0. The number of carbonyl (C=O) groups excluding carboxylic acids is 4. The Morgan fingerprint density at radius 2 is 1.88 bits per heavy atom. The number of nitrogens with zero attached hydrogens (tertiary/aromatic N) is 1. The highest BCUT2D eigenvalue weighted by Gasteiger charge is 2.41. The van der Waals surface area contributed by atoms with Crippen molar-refractivity contribution in [2.75, 3.05) is 0 Å². The number of rotatable bonds is 5. The largest absolute Gasteiger partial charge is 0.349 e. The predicted octanol–water partition coefficient (Wildman–Crippen LogP) is 2.90. The van der Waals surface area contributed by atoms with Crippen molar-refractivity contribution in [2.45, 2.75) is 44.3 Å². The predicted molar refractivity (Wildman–Crippen MR) is 114 cm³/mol. The normalized spacial score (nSPS) is 18.6. The van der Waals surface area contributed by atoms with Crippen LogP contribution in [0.3, 0.4) is 0 Å². The Bertz CT molecular complexity index is 1140. The number of alkyl halides is 2. The average molecular weight is 476 g/mol. The lowest BCUT2D eigenvalue weighted by Crippen LogP contribution is -2.46. The minimum absolute atomic E-state index is 0.156. The highest BCUT2D eigenvalue weighted by Crippen LogP contribution is 2.30. The number of carbonyl (C=O) groups is 4. The van der Waals surface area contributed by atoms with Crippen molar-refractivity contribution in [2.24, 2.45) is 0 Å². The summed E-state index contributed by atoms with van der Waals surface area (Å²) in [6.45, 7) is -0.00886. The Labute approximate surface area is 193 Å². The van der Waals surface area contributed by atoms with Gasteiger partial charge in [-0.05, 0) is 42.2 Å². The van der Waals surface area contributed by atoms with E-state index in [1.807, 2.05) is 0 Å². The monoisotopic (exact) mass is 475 g/mol. The number of fused-ring (bicyclic) bond motifs is 1. The molecule has 2 aromatic carbocycles. The third kappa shape index (κ3) is 4.59. The van der Waals surface area contributed by atoms with Crippen LogP contribution in [-0.2, 0) is 33.4 Å². The van der Waals surface area contributed by atoms with Gasteiger partial charge in [0.2, 0.25) is 11.8 Å². The van der Waals surface area contributed by atoms with Gasteiger partial charge in [0.1, 0.15) is 6.04 Å². The first-order valence-corrected chi connectivity index (χ1v) is 10.7. The maximum absolute atomic E-state index is 14.4. The number of hydrogen-bond donors (Lipinski definition) is 2. The van der Waals surface area contributed by atoms with Crippen LogP contribution < -0.4 is 10.6 Å². The molecule has 2 aliphatic rings. The van der Waals surface area contributed by atoms with Gasteiger partial charge in [-0.3, -0.25) is 24.5 Å². The van der Waals surface area contributed by atoms with Crippen molar-refractivity contribution in [3.63, 3.8) is 0 Å². The van der Waals surface area contributed by atoms with Crippen LogP contribution >= 0.6 is 11.6 Å². The van der Waals surface area contributed by atoms with E-state index in [1.165, 1.54) is 17.0 Å². The van der Waals surface area contributed by atoms with Crippen molar-refractivity contribution in [1.82, 2.24) is 15.5 Å². The van der Waals surface area contributed by atoms with E-state index in [4.69, 9.17) is 11.6 Å². The summed E-state index contributed by atoms with van der Waals surface area (Å²) in [4.78, 5) is 50.3. The molecule has 4 amide bonds. The van der Waals surface area contributed by atoms with Gasteiger partial charge in [0, 0.05) is 35.7 Å². The zero-order chi connectivity index (χ0) is 23.8. The second kappa shape index (κ2) is 8.90. The summed E-state index contributed by atoms with van der Waals surface area (Å²) in [5.41, 5.74) is 1.09. The summed E-state index contributed by atoms with van der Waals surface area (Å²) in [5.74, 6) is -6.39. The molecule has 4 rings (SSSR count). The molecule has 1 atom stereocenters. The molecule has 10 heteroatoms. The Morgan fingerprint density at radius 1 is 1.15 bits per heavy atom. The SMILES string of the molecule is O=C1CCC[C@H](N2Cc3cc(CNC(=O)C(F)(F)c4ccc(Cl)cc4)ccc3C2=O)C(=O)N1. The summed E-state index contributed by atoms with van der Waals surface area (Å²) in [6.07, 6.45) is 1.09. The van der Waals surface area contributed by atoms with Crippen molar-refractivity contribution in [3.05, 3.63) is 69.7 Å². The molecular weight excluding hydrogens is 456 g/mol. The second-order valence-electron chi connectivity index (χ2n) is 8.01. The van der Waals surface area contributed by atoms with E-state index in [9.17, 15) is 28.0 Å². The zero-order valence-electron chi connectivity index (χ0n) is 17.4. The summed E-state index contributed by atoms with van der Waals surface area (Å²) >= 11 is 5.71. The average Bonchev–Trinajstić information content (AvgIpc) is 2.99. The summed E-state index contributed by atoms with van der Waals surface area (Å²) in [5, 5.41) is 4.80. The van der Waals surface area contributed by atoms with Gasteiger partial charge >= 0.3 is 5.92 Å². The van der Waals surface area contributed by atoms with Crippen LogP contribution in [0.15, 0.2) is 42.5 Å². The summed E-state index contributed by atoms with van der Waals surface area (Å²) in [6, 6.07) is 8.76. The molecule has 2 N–H and O–H groups in total. The first kappa shape index (κ1) is 22.8. The molecule has 0 unspecified atom stereocenters. The van der Waals surface area contributed by atoms with Gasteiger partial charge in [0.05, 0.1) is 0 Å². The van der Waals surface area contributed by atoms with Gasteiger partial charge in [-0.2, -0.15) is 8.78 Å². The van der Waals surface area contributed by atoms with Gasteiger partial charge in [-0.15, -0.1) is 0 Å². The summed E-state index contributed by atoms with van der Waals surface area (Å²) < 4.78 is 28.9. The number of halogens is 3. The van der Waals surface area contributed by atoms with Crippen LogP contribution in [-0.4, -0.2) is 34.6 Å². The van der Waals surface area contributed by atoms with Gasteiger partial charge in [0.15, 0.2) is 0 Å². The Morgan fingerprint density at radius 3 is 2.61 bits per heavy atom. The molecule has 7 nitrogen and oxygen atoms in total. The molecule has 1 fully saturated rings. The first-order chi connectivity index (χ1) is 15.7. The van der Waals surface area contributed by atoms with Gasteiger partial charge in [-0.25, -0.2) is 0 Å². The molecule has 1 saturated heterocycles. The van der Waals surface area contributed by atoms with E-state index in [2.05, 4.69) is 10.6 Å². The molecule has 0 radical (unpaired) electrons. The third-order valence-corrected chi connectivity index (χ3v) is 6.02. The van der Waals surface area contributed by atoms with E-state index in [1.54, 1.807) is 18.2 Å². The molecule has 0 aliphatic carbocycles. The highest BCUT2D eigenvalue weighted by atomic mass is 35.5. The standard InChI is InChI=1S/C23H20ClF2N3O4/c24-16-7-5-15(6-8-16)23(25,26)22(33)27-11-13-4-9-17-14(10-13)12-29(21(17)32)18-2-1-3-19(30)28-20(18)31/h4-10,18H,1-3,11-12H2,(H,27,33)(H,28,30,31)/t18-/m0/s1. The molecule has 0 bridgehead atoms. The van der Waals surface area contributed by atoms with Crippen molar-refractivity contribution < 1.29 is 28.0 Å². The van der Waals surface area contributed by atoms with Crippen LogP contribution in [0, 0.1) is 0 Å². The van der Waals surface area contributed by atoms with Crippen LogP contribution in [0.5, 0.6) is 0 Å².